The maximum Gasteiger partial charge on any atom is 0.263 e. The third kappa shape index (κ3) is 3.28. The summed E-state index contributed by atoms with van der Waals surface area (Å²) in [7, 11) is 1.78. The zero-order valence-corrected chi connectivity index (χ0v) is 18.0. The number of aromatic nitrogens is 6. The second-order valence-electron chi connectivity index (χ2n) is 7.45. The van der Waals surface area contributed by atoms with Crippen molar-refractivity contribution in [1.82, 2.24) is 29.8 Å². The highest BCUT2D eigenvalue weighted by molar-refractivity contribution is 7.98. The first-order chi connectivity index (χ1) is 14.0. The first-order valence-electron chi connectivity index (χ1n) is 9.48. The number of thiophene rings is 1. The highest BCUT2D eigenvalue weighted by Crippen LogP contribution is 2.36. The lowest BCUT2D eigenvalue weighted by atomic mass is 10.0. The fourth-order valence-corrected chi connectivity index (χ4v) is 5.22. The summed E-state index contributed by atoms with van der Waals surface area (Å²) in [6.45, 7) is 4.18. The number of thioether (sulfide) groups is 1. The summed E-state index contributed by atoms with van der Waals surface area (Å²) < 4.78 is 3.53. The van der Waals surface area contributed by atoms with E-state index in [1.165, 1.54) is 34.2 Å². The van der Waals surface area contributed by atoms with Crippen molar-refractivity contribution in [3.63, 3.8) is 0 Å². The van der Waals surface area contributed by atoms with Crippen molar-refractivity contribution in [2.75, 3.05) is 0 Å². The highest BCUT2D eigenvalue weighted by atomic mass is 32.2. The first-order valence-corrected chi connectivity index (χ1v) is 11.3. The van der Waals surface area contributed by atoms with Gasteiger partial charge in [-0.05, 0) is 53.8 Å². The van der Waals surface area contributed by atoms with E-state index in [0.29, 0.717) is 22.3 Å². The number of benzene rings is 1. The van der Waals surface area contributed by atoms with Gasteiger partial charge in [0.15, 0.2) is 11.0 Å². The molecule has 5 rings (SSSR count). The molecule has 3 heterocycles. The van der Waals surface area contributed by atoms with Crippen LogP contribution >= 0.6 is 23.1 Å². The SMILES string of the molecule is Cc1ccc(-c2csc3nc(SCc4nnnn4C4CC4)n(C)c(=O)c23)cc1C. The third-order valence-electron chi connectivity index (χ3n) is 5.38. The second kappa shape index (κ2) is 7.07. The zero-order chi connectivity index (χ0) is 20.1. The molecule has 0 spiro atoms. The van der Waals surface area contributed by atoms with Crippen LogP contribution in [-0.4, -0.2) is 29.8 Å². The van der Waals surface area contributed by atoms with E-state index in [1.54, 1.807) is 11.6 Å². The number of hydrogen-bond acceptors (Lipinski definition) is 7. The Hall–Kier alpha value is -2.52. The summed E-state index contributed by atoms with van der Waals surface area (Å²) in [5, 5.41) is 15.4. The van der Waals surface area contributed by atoms with Crippen molar-refractivity contribution in [2.45, 2.75) is 43.6 Å². The van der Waals surface area contributed by atoms with Gasteiger partial charge in [0, 0.05) is 18.0 Å². The van der Waals surface area contributed by atoms with Gasteiger partial charge in [0.05, 0.1) is 17.2 Å². The molecule has 1 fully saturated rings. The molecule has 9 heteroatoms. The van der Waals surface area contributed by atoms with Gasteiger partial charge in [0.1, 0.15) is 4.83 Å². The molecule has 148 valence electrons. The molecule has 0 amide bonds. The van der Waals surface area contributed by atoms with E-state index in [4.69, 9.17) is 4.98 Å². The van der Waals surface area contributed by atoms with Crippen molar-refractivity contribution in [1.29, 1.82) is 0 Å². The van der Waals surface area contributed by atoms with Crippen LogP contribution in [0.1, 0.15) is 35.8 Å². The van der Waals surface area contributed by atoms with Crippen LogP contribution in [-0.2, 0) is 12.8 Å². The Kier molecular flexibility index (Phi) is 4.51. The van der Waals surface area contributed by atoms with Gasteiger partial charge >= 0.3 is 0 Å². The maximum absolute atomic E-state index is 13.2. The minimum Gasteiger partial charge on any atom is -0.290 e. The molecule has 0 unspecified atom stereocenters. The van der Waals surface area contributed by atoms with Crippen LogP contribution in [0.5, 0.6) is 0 Å². The molecule has 0 aliphatic heterocycles. The van der Waals surface area contributed by atoms with E-state index >= 15 is 0 Å². The predicted octanol–water partition coefficient (Wildman–Crippen LogP) is 3.89. The minimum absolute atomic E-state index is 0.0197. The lowest BCUT2D eigenvalue weighted by Gasteiger charge is -2.08. The third-order valence-corrected chi connectivity index (χ3v) is 7.27. The van der Waals surface area contributed by atoms with Gasteiger partial charge in [-0.2, -0.15) is 0 Å². The van der Waals surface area contributed by atoms with E-state index in [-0.39, 0.29) is 5.56 Å². The van der Waals surface area contributed by atoms with Gasteiger partial charge in [-0.15, -0.1) is 16.4 Å². The van der Waals surface area contributed by atoms with Crippen molar-refractivity contribution in [3.05, 3.63) is 50.9 Å². The van der Waals surface area contributed by atoms with Crippen LogP contribution < -0.4 is 5.56 Å². The van der Waals surface area contributed by atoms with Gasteiger partial charge in [-0.25, -0.2) is 9.67 Å². The molecule has 4 aromatic rings. The van der Waals surface area contributed by atoms with Crippen LogP contribution in [0.4, 0.5) is 0 Å². The standard InChI is InChI=1S/C20H20N6OS2/c1-11-4-5-13(8-12(11)2)15-9-28-18-17(15)19(27)25(3)20(21-18)29-10-16-22-23-24-26(16)14-6-7-14/h4-5,8-9,14H,6-7,10H2,1-3H3. The molecule has 3 aromatic heterocycles. The van der Waals surface area contributed by atoms with Crippen LogP contribution in [0.3, 0.4) is 0 Å². The van der Waals surface area contributed by atoms with Crippen LogP contribution in [0.15, 0.2) is 33.5 Å². The van der Waals surface area contributed by atoms with E-state index in [2.05, 4.69) is 47.6 Å². The summed E-state index contributed by atoms with van der Waals surface area (Å²) in [5.74, 6) is 1.42. The molecule has 0 saturated heterocycles. The number of aryl methyl sites for hydroxylation is 2. The Balaban J connectivity index is 1.50. The van der Waals surface area contributed by atoms with Gasteiger partial charge in [-0.1, -0.05) is 30.0 Å². The van der Waals surface area contributed by atoms with Gasteiger partial charge in [-0.3, -0.25) is 9.36 Å². The summed E-state index contributed by atoms with van der Waals surface area (Å²) >= 11 is 3.01. The number of fused-ring (bicyclic) bond motifs is 1. The fourth-order valence-electron chi connectivity index (χ4n) is 3.34. The molecule has 29 heavy (non-hydrogen) atoms. The summed E-state index contributed by atoms with van der Waals surface area (Å²) in [6.07, 6.45) is 2.25. The van der Waals surface area contributed by atoms with E-state index in [9.17, 15) is 4.79 Å². The first kappa shape index (κ1) is 18.5. The van der Waals surface area contributed by atoms with E-state index in [0.717, 1.165) is 34.6 Å². The zero-order valence-electron chi connectivity index (χ0n) is 16.4. The Morgan fingerprint density at radius 1 is 1.24 bits per heavy atom. The Morgan fingerprint density at radius 2 is 2.07 bits per heavy atom. The topological polar surface area (TPSA) is 78.5 Å². The molecule has 1 aliphatic rings. The molecule has 0 bridgehead atoms. The molecule has 0 atom stereocenters. The summed E-state index contributed by atoms with van der Waals surface area (Å²) in [4.78, 5) is 18.7. The smallest absolute Gasteiger partial charge is 0.263 e. The quantitative estimate of drug-likeness (QED) is 0.357. The largest absolute Gasteiger partial charge is 0.290 e. The number of rotatable bonds is 5. The van der Waals surface area contributed by atoms with Crippen molar-refractivity contribution >= 4 is 33.3 Å². The predicted molar refractivity (Wildman–Crippen MR) is 115 cm³/mol. The molecule has 0 radical (unpaired) electrons. The van der Waals surface area contributed by atoms with E-state index < -0.39 is 0 Å². The number of nitrogens with zero attached hydrogens (tertiary/aromatic N) is 6. The average molecular weight is 425 g/mol. The van der Waals surface area contributed by atoms with Crippen molar-refractivity contribution in [3.8, 4) is 11.1 Å². The molecular formula is C20H20N6OS2. The monoisotopic (exact) mass is 424 g/mol. The van der Waals surface area contributed by atoms with Crippen LogP contribution in [0.25, 0.3) is 21.3 Å². The normalized spacial score (nSPS) is 14.0. The fraction of sp³-hybridized carbons (Fsp3) is 0.350. The average Bonchev–Trinajstić information content (AvgIpc) is 3.29. The maximum atomic E-state index is 13.2. The van der Waals surface area contributed by atoms with Gasteiger partial charge in [0.25, 0.3) is 5.56 Å². The number of hydrogen-bond donors (Lipinski definition) is 0. The molecule has 0 N–H and O–H groups in total. The number of tetrazole rings is 1. The van der Waals surface area contributed by atoms with Gasteiger partial charge < -0.3 is 0 Å². The van der Waals surface area contributed by atoms with Crippen molar-refractivity contribution < 1.29 is 0 Å². The highest BCUT2D eigenvalue weighted by Gasteiger charge is 2.28. The Bertz CT molecular complexity index is 1280. The molecule has 1 saturated carbocycles. The summed E-state index contributed by atoms with van der Waals surface area (Å²) in [6, 6.07) is 6.73. The molecule has 7 nitrogen and oxygen atoms in total. The Morgan fingerprint density at radius 3 is 2.83 bits per heavy atom. The van der Waals surface area contributed by atoms with Crippen molar-refractivity contribution in [2.24, 2.45) is 7.05 Å². The lowest BCUT2D eigenvalue weighted by Crippen LogP contribution is -2.19. The Labute approximate surface area is 175 Å². The summed E-state index contributed by atoms with van der Waals surface area (Å²) in [5.41, 5.74) is 4.45. The van der Waals surface area contributed by atoms with E-state index in [1.807, 2.05) is 10.1 Å². The van der Waals surface area contributed by atoms with Gasteiger partial charge in [0.2, 0.25) is 0 Å². The molecule has 1 aliphatic carbocycles. The lowest BCUT2D eigenvalue weighted by molar-refractivity contribution is 0.593. The minimum atomic E-state index is -0.0197. The van der Waals surface area contributed by atoms with Crippen LogP contribution in [0, 0.1) is 13.8 Å². The molecular weight excluding hydrogens is 404 g/mol. The van der Waals surface area contributed by atoms with Crippen LogP contribution in [0.2, 0.25) is 0 Å². The molecule has 1 aromatic carbocycles. The second-order valence-corrected chi connectivity index (χ2v) is 9.25.